The van der Waals surface area contributed by atoms with E-state index in [1.54, 1.807) is 0 Å². The van der Waals surface area contributed by atoms with Crippen molar-refractivity contribution in [1.82, 2.24) is 5.32 Å². The summed E-state index contributed by atoms with van der Waals surface area (Å²) in [4.78, 5) is 39.9. The lowest BCUT2D eigenvalue weighted by Gasteiger charge is -2.30. The minimum atomic E-state index is -4.70. The third-order valence-electron chi connectivity index (χ3n) is 13.1. The molecule has 0 aliphatic carbocycles. The van der Waals surface area contributed by atoms with E-state index in [1.807, 2.05) is 33.3 Å². The van der Waals surface area contributed by atoms with Gasteiger partial charge in [-0.3, -0.25) is 14.2 Å². The maximum atomic E-state index is 13.5. The maximum Gasteiger partial charge on any atom is 0.306 e. The van der Waals surface area contributed by atoms with Crippen LogP contribution in [0.5, 0.6) is 0 Å². The Balaban J connectivity index is 5.25. The second-order valence-electron chi connectivity index (χ2n) is 21.5. The first-order chi connectivity index (χ1) is 35.9. The van der Waals surface area contributed by atoms with Gasteiger partial charge in [0.15, 0.2) is 0 Å². The highest BCUT2D eigenvalue weighted by Crippen LogP contribution is 2.38. The number of nitrogens with one attached hydrogen (secondary N) is 1. The fourth-order valence-electron chi connectivity index (χ4n) is 8.37. The zero-order valence-electron chi connectivity index (χ0n) is 48.8. The first kappa shape index (κ1) is 71.2. The molecule has 0 aliphatic rings. The molecule has 0 saturated heterocycles. The van der Waals surface area contributed by atoms with Gasteiger partial charge in [0.2, 0.25) is 5.91 Å². The number of allylic oxidation sites excluding steroid dienone is 13. The van der Waals surface area contributed by atoms with Crippen LogP contribution in [0.15, 0.2) is 85.1 Å². The van der Waals surface area contributed by atoms with Gasteiger partial charge in [-0.15, -0.1) is 0 Å². The third-order valence-corrected chi connectivity index (χ3v) is 14.0. The van der Waals surface area contributed by atoms with E-state index in [0.29, 0.717) is 30.3 Å². The van der Waals surface area contributed by atoms with Crippen molar-refractivity contribution in [2.75, 3.05) is 40.9 Å². The van der Waals surface area contributed by atoms with E-state index in [9.17, 15) is 19.0 Å². The minimum Gasteiger partial charge on any atom is -0.756 e. The van der Waals surface area contributed by atoms with E-state index >= 15 is 0 Å². The van der Waals surface area contributed by atoms with Crippen LogP contribution in [0.4, 0.5) is 0 Å². The summed E-state index contributed by atoms with van der Waals surface area (Å²) in [6.07, 6.45) is 69.8. The number of carbonyl (C=O) groups excluding carboxylic acids is 2. The molecule has 428 valence electrons. The number of hydrogen-bond donors (Lipinski definition) is 1. The topological polar surface area (TPSA) is 114 Å². The van der Waals surface area contributed by atoms with Crippen molar-refractivity contribution < 1.29 is 37.3 Å². The lowest BCUT2D eigenvalue weighted by atomic mass is 10.0. The van der Waals surface area contributed by atoms with E-state index < -0.39 is 26.6 Å². The van der Waals surface area contributed by atoms with Gasteiger partial charge in [-0.05, 0) is 102 Å². The largest absolute Gasteiger partial charge is 0.756 e. The predicted molar refractivity (Wildman–Crippen MR) is 316 cm³/mol. The fraction of sp³-hybridized carbons (Fsp3) is 0.750. The Morgan fingerprint density at radius 1 is 0.486 bits per heavy atom. The molecule has 0 aliphatic heterocycles. The molecular formula is C64H115N2O7P. The summed E-state index contributed by atoms with van der Waals surface area (Å²) in [6.45, 7) is 6.69. The molecule has 0 heterocycles. The number of unbranched alkanes of at least 4 members (excludes halogenated alkanes) is 26. The van der Waals surface area contributed by atoms with Crippen LogP contribution in [0.1, 0.15) is 258 Å². The molecule has 0 spiro atoms. The Labute approximate surface area is 456 Å². The summed E-state index contributed by atoms with van der Waals surface area (Å²) < 4.78 is 30.2. The van der Waals surface area contributed by atoms with Crippen LogP contribution in [0.3, 0.4) is 0 Å². The predicted octanol–water partition coefficient (Wildman–Crippen LogP) is 18.0. The van der Waals surface area contributed by atoms with Crippen molar-refractivity contribution in [3.8, 4) is 0 Å². The number of esters is 1. The average molecular weight is 1060 g/mol. The van der Waals surface area contributed by atoms with Gasteiger partial charge < -0.3 is 28.5 Å². The summed E-state index contributed by atoms with van der Waals surface area (Å²) in [6, 6.07) is -0.904. The number of ether oxygens (including phenoxy) is 1. The second kappa shape index (κ2) is 53.6. The first-order valence-electron chi connectivity index (χ1n) is 30.4. The van der Waals surface area contributed by atoms with Gasteiger partial charge in [0, 0.05) is 12.8 Å². The van der Waals surface area contributed by atoms with Crippen molar-refractivity contribution in [3.63, 3.8) is 0 Å². The molecule has 0 aromatic heterocycles. The van der Waals surface area contributed by atoms with Crippen LogP contribution < -0.4 is 10.2 Å². The molecule has 1 N–H and O–H groups in total. The van der Waals surface area contributed by atoms with Crippen molar-refractivity contribution in [3.05, 3.63) is 85.1 Å². The molecule has 74 heavy (non-hydrogen) atoms. The van der Waals surface area contributed by atoms with Crippen LogP contribution in [-0.2, 0) is 27.9 Å². The SMILES string of the molecule is CC/C=C\C/C=C\C/C=C\C/C=C\C/C=C\CCCCCCCCCC(=O)OC(/C=C\CCCCCCCCCCCC)C(COP(=O)([O-])OCC[N+](C)(C)C)NC(=O)CCCCC/C=C\CCCCCCCC. The Morgan fingerprint density at radius 3 is 1.32 bits per heavy atom. The van der Waals surface area contributed by atoms with Gasteiger partial charge in [-0.25, -0.2) is 0 Å². The smallest absolute Gasteiger partial charge is 0.306 e. The maximum absolute atomic E-state index is 13.5. The Morgan fingerprint density at radius 2 is 0.865 bits per heavy atom. The average Bonchev–Trinajstić information content (AvgIpc) is 3.36. The molecule has 1 amide bonds. The molecule has 0 fully saturated rings. The third kappa shape index (κ3) is 54.0. The lowest BCUT2D eigenvalue weighted by Crippen LogP contribution is -2.47. The van der Waals surface area contributed by atoms with Crippen LogP contribution >= 0.6 is 7.82 Å². The number of amides is 1. The Bertz CT molecular complexity index is 1540. The molecule has 3 unspecified atom stereocenters. The summed E-state index contributed by atoms with van der Waals surface area (Å²) in [5, 5.41) is 3.01. The van der Waals surface area contributed by atoms with Crippen LogP contribution in [0, 0.1) is 0 Å². The van der Waals surface area contributed by atoms with E-state index in [2.05, 4.69) is 99.0 Å². The molecule has 0 radical (unpaired) electrons. The first-order valence-corrected chi connectivity index (χ1v) is 31.9. The van der Waals surface area contributed by atoms with Crippen molar-refractivity contribution in [1.29, 1.82) is 0 Å². The van der Waals surface area contributed by atoms with E-state index in [-0.39, 0.29) is 24.9 Å². The number of likely N-dealkylation sites (N-methyl/N-ethyl adjacent to an activating group) is 1. The summed E-state index contributed by atoms with van der Waals surface area (Å²) >= 11 is 0. The highest BCUT2D eigenvalue weighted by atomic mass is 31.2. The number of quaternary nitrogens is 1. The van der Waals surface area contributed by atoms with Crippen molar-refractivity contribution in [2.45, 2.75) is 270 Å². The molecule has 0 bridgehead atoms. The normalized spacial score (nSPS) is 14.3. The molecule has 0 rings (SSSR count). The van der Waals surface area contributed by atoms with Crippen LogP contribution in [0.2, 0.25) is 0 Å². The summed E-state index contributed by atoms with van der Waals surface area (Å²) in [5.74, 6) is -0.574. The summed E-state index contributed by atoms with van der Waals surface area (Å²) in [5.41, 5.74) is 0. The minimum absolute atomic E-state index is 0.0299. The molecule has 9 nitrogen and oxygen atoms in total. The van der Waals surface area contributed by atoms with Gasteiger partial charge in [-0.2, -0.15) is 0 Å². The zero-order valence-corrected chi connectivity index (χ0v) is 49.7. The number of rotatable bonds is 54. The molecular weight excluding hydrogens is 940 g/mol. The van der Waals surface area contributed by atoms with Crippen molar-refractivity contribution >= 4 is 19.7 Å². The van der Waals surface area contributed by atoms with Gasteiger partial charge in [0.05, 0.1) is 33.8 Å². The van der Waals surface area contributed by atoms with E-state index in [0.717, 1.165) is 103 Å². The number of hydrogen-bond acceptors (Lipinski definition) is 7. The number of phosphoric ester groups is 1. The number of carbonyl (C=O) groups is 2. The van der Waals surface area contributed by atoms with Crippen LogP contribution in [-0.4, -0.2) is 69.4 Å². The van der Waals surface area contributed by atoms with E-state index in [4.69, 9.17) is 13.8 Å². The molecule has 3 atom stereocenters. The highest BCUT2D eigenvalue weighted by molar-refractivity contribution is 7.45. The molecule has 0 aromatic rings. The van der Waals surface area contributed by atoms with Gasteiger partial charge >= 0.3 is 5.97 Å². The van der Waals surface area contributed by atoms with Gasteiger partial charge in [0.25, 0.3) is 7.82 Å². The molecule has 10 heteroatoms. The second-order valence-corrected chi connectivity index (χ2v) is 22.9. The van der Waals surface area contributed by atoms with E-state index in [1.165, 1.54) is 109 Å². The monoisotopic (exact) mass is 1050 g/mol. The molecule has 0 saturated carbocycles. The zero-order chi connectivity index (χ0) is 54.3. The van der Waals surface area contributed by atoms with Gasteiger partial charge in [-0.1, -0.05) is 228 Å². The summed E-state index contributed by atoms with van der Waals surface area (Å²) in [7, 11) is 1.16. The fourth-order valence-corrected chi connectivity index (χ4v) is 9.09. The highest BCUT2D eigenvalue weighted by Gasteiger charge is 2.27. The number of phosphoric acid groups is 1. The quantitative estimate of drug-likeness (QED) is 0.0212. The Kier molecular flexibility index (Phi) is 51.5. The molecule has 0 aromatic carbocycles. The Hall–Kier alpha value is -2.81. The number of nitrogens with zero attached hydrogens (tertiary/aromatic N) is 1. The lowest BCUT2D eigenvalue weighted by molar-refractivity contribution is -0.870. The standard InChI is InChI=1S/C64H115N2O7P/c1-7-10-13-16-19-22-25-28-29-30-31-32-33-34-35-36-37-39-42-45-48-51-54-57-64(68)73-62(55-52-49-46-43-40-27-24-21-18-15-12-9-3)61(60-72-74(69,70)71-59-58-66(4,5)6)65-63(67)56-53-50-47-44-41-38-26-23-20-17-14-11-8-2/h10,13,19,22,28-29,31-32,34-35,38,41,52,55,61-62H,7-9,11-12,14-18,20-21,23-27,30,33,36-37,39-40,42-51,53-54,56-60H2,1-6H3,(H-,65,67,69,70)/b13-10-,22-19-,29-28-,32-31-,35-34-,41-38-,55-52-. The van der Waals surface area contributed by atoms with Gasteiger partial charge in [0.1, 0.15) is 19.3 Å². The van der Waals surface area contributed by atoms with Crippen LogP contribution in [0.25, 0.3) is 0 Å². The van der Waals surface area contributed by atoms with Crippen molar-refractivity contribution in [2.24, 2.45) is 0 Å².